The highest BCUT2D eigenvalue weighted by atomic mass is 32.2. The lowest BCUT2D eigenvalue weighted by Crippen LogP contribution is -2.20. The van der Waals surface area contributed by atoms with Gasteiger partial charge in [-0.1, -0.05) is 49.1 Å². The predicted molar refractivity (Wildman–Crippen MR) is 87.1 cm³/mol. The van der Waals surface area contributed by atoms with Crippen LogP contribution < -0.4 is 5.32 Å². The molecule has 0 radical (unpaired) electrons. The van der Waals surface area contributed by atoms with Gasteiger partial charge in [-0.05, 0) is 12.1 Å². The van der Waals surface area contributed by atoms with E-state index in [-0.39, 0.29) is 12.5 Å². The van der Waals surface area contributed by atoms with E-state index < -0.39 is 0 Å². The number of thioether (sulfide) groups is 1. The largest absolute Gasteiger partial charge is 0.299 e. The van der Waals surface area contributed by atoms with E-state index >= 15 is 0 Å². The predicted octanol–water partition coefficient (Wildman–Crippen LogP) is 2.42. The van der Waals surface area contributed by atoms with Gasteiger partial charge in [-0.25, -0.2) is 0 Å². The summed E-state index contributed by atoms with van der Waals surface area (Å²) in [6.07, 6.45) is 0. The summed E-state index contributed by atoms with van der Waals surface area (Å²) in [7, 11) is 0. The van der Waals surface area contributed by atoms with Crippen LogP contribution in [0.15, 0.2) is 28.6 Å². The molecule has 2 heterocycles. The number of hydrogen-bond donors (Lipinski definition) is 1. The lowest BCUT2D eigenvalue weighted by molar-refractivity contribution is -0.117. The minimum absolute atomic E-state index is 0.0426. The molecule has 0 aliphatic heterocycles. The van der Waals surface area contributed by atoms with Crippen LogP contribution in [0.2, 0.25) is 0 Å². The number of anilines is 1. The summed E-state index contributed by atoms with van der Waals surface area (Å²) in [4.78, 5) is 13.4. The van der Waals surface area contributed by atoms with Gasteiger partial charge in [0.25, 0.3) is 0 Å². The van der Waals surface area contributed by atoms with Crippen molar-refractivity contribution in [3.63, 3.8) is 0 Å². The average molecular weight is 334 g/mol. The molecule has 114 valence electrons. The Bertz CT molecular complexity index is 764. The molecule has 0 fully saturated rings. The molecule has 1 amide bonds. The molecule has 2 aromatic heterocycles. The molecule has 0 bridgehead atoms. The van der Waals surface area contributed by atoms with Gasteiger partial charge in [-0.2, -0.15) is 15.0 Å². The third-order valence-corrected chi connectivity index (χ3v) is 4.53. The molecule has 1 aromatic carbocycles. The SMILES string of the molecule is CC(C)Sc1nnc(NC(=O)Cn2nc3ccccc3n2)s1. The van der Waals surface area contributed by atoms with Crippen molar-refractivity contribution in [3.8, 4) is 0 Å². The monoisotopic (exact) mass is 334 g/mol. The van der Waals surface area contributed by atoms with Crippen molar-refractivity contribution in [3.05, 3.63) is 24.3 Å². The van der Waals surface area contributed by atoms with Crippen molar-refractivity contribution in [1.82, 2.24) is 25.2 Å². The van der Waals surface area contributed by atoms with Gasteiger partial charge in [0.05, 0.1) is 0 Å². The Labute approximate surface area is 135 Å². The fourth-order valence-corrected chi connectivity index (χ4v) is 3.76. The van der Waals surface area contributed by atoms with Crippen molar-refractivity contribution in [2.45, 2.75) is 30.0 Å². The van der Waals surface area contributed by atoms with E-state index in [0.717, 1.165) is 15.4 Å². The highest BCUT2D eigenvalue weighted by Crippen LogP contribution is 2.28. The van der Waals surface area contributed by atoms with Crippen LogP contribution in [0.1, 0.15) is 13.8 Å². The smallest absolute Gasteiger partial charge is 0.249 e. The highest BCUT2D eigenvalue weighted by molar-refractivity contribution is 8.01. The molecule has 0 saturated heterocycles. The second-order valence-electron chi connectivity index (χ2n) is 4.81. The van der Waals surface area contributed by atoms with Gasteiger partial charge < -0.3 is 0 Å². The van der Waals surface area contributed by atoms with Crippen LogP contribution in [0.25, 0.3) is 11.0 Å². The van der Waals surface area contributed by atoms with Crippen LogP contribution >= 0.6 is 23.1 Å². The minimum Gasteiger partial charge on any atom is -0.299 e. The van der Waals surface area contributed by atoms with E-state index in [1.54, 1.807) is 11.8 Å². The Morgan fingerprint density at radius 2 is 1.95 bits per heavy atom. The van der Waals surface area contributed by atoms with Gasteiger partial charge in [0.15, 0.2) is 4.34 Å². The summed E-state index contributed by atoms with van der Waals surface area (Å²) in [5, 5.41) is 20.1. The highest BCUT2D eigenvalue weighted by Gasteiger charge is 2.11. The molecule has 0 aliphatic rings. The molecular weight excluding hydrogens is 320 g/mol. The van der Waals surface area contributed by atoms with E-state index in [4.69, 9.17) is 0 Å². The zero-order chi connectivity index (χ0) is 15.5. The molecule has 3 rings (SSSR count). The first-order valence-corrected chi connectivity index (χ1v) is 8.39. The summed E-state index contributed by atoms with van der Waals surface area (Å²) >= 11 is 2.98. The van der Waals surface area contributed by atoms with E-state index in [1.165, 1.54) is 16.1 Å². The zero-order valence-electron chi connectivity index (χ0n) is 12.1. The van der Waals surface area contributed by atoms with Gasteiger partial charge in [-0.15, -0.1) is 10.2 Å². The molecule has 3 aromatic rings. The summed E-state index contributed by atoms with van der Waals surface area (Å²) < 4.78 is 0.841. The molecule has 9 heteroatoms. The molecular formula is C13H14N6OS2. The summed E-state index contributed by atoms with van der Waals surface area (Å²) in [5.41, 5.74) is 1.53. The number of aromatic nitrogens is 5. The minimum atomic E-state index is -0.224. The first-order valence-electron chi connectivity index (χ1n) is 6.70. The summed E-state index contributed by atoms with van der Waals surface area (Å²) in [5.74, 6) is -0.224. The van der Waals surface area contributed by atoms with Gasteiger partial charge in [-0.3, -0.25) is 10.1 Å². The number of rotatable bonds is 5. The fourth-order valence-electron chi connectivity index (χ4n) is 1.77. The van der Waals surface area contributed by atoms with E-state index in [1.807, 2.05) is 24.3 Å². The van der Waals surface area contributed by atoms with E-state index in [2.05, 4.69) is 39.6 Å². The van der Waals surface area contributed by atoms with Crippen LogP contribution in [-0.4, -0.2) is 36.3 Å². The van der Waals surface area contributed by atoms with Crippen molar-refractivity contribution in [1.29, 1.82) is 0 Å². The lowest BCUT2D eigenvalue weighted by Gasteiger charge is -1.99. The topological polar surface area (TPSA) is 85.6 Å². The Kier molecular flexibility index (Phi) is 4.34. The van der Waals surface area contributed by atoms with Crippen molar-refractivity contribution < 1.29 is 4.79 Å². The Hall–Kier alpha value is -2.00. The number of benzene rings is 1. The Morgan fingerprint density at radius 1 is 1.27 bits per heavy atom. The molecule has 0 saturated carbocycles. The molecule has 0 atom stereocenters. The zero-order valence-corrected chi connectivity index (χ0v) is 13.7. The van der Waals surface area contributed by atoms with E-state index in [9.17, 15) is 4.79 Å². The first kappa shape index (κ1) is 14.9. The van der Waals surface area contributed by atoms with Crippen LogP contribution in [0.4, 0.5) is 5.13 Å². The third-order valence-electron chi connectivity index (χ3n) is 2.60. The maximum Gasteiger partial charge on any atom is 0.249 e. The number of amides is 1. The maximum absolute atomic E-state index is 12.0. The number of carbonyl (C=O) groups is 1. The maximum atomic E-state index is 12.0. The van der Waals surface area contributed by atoms with Crippen LogP contribution in [0, 0.1) is 0 Å². The number of nitrogens with zero attached hydrogens (tertiary/aromatic N) is 5. The first-order chi connectivity index (χ1) is 10.6. The number of fused-ring (bicyclic) bond motifs is 1. The normalized spacial score (nSPS) is 11.2. The van der Waals surface area contributed by atoms with Crippen LogP contribution in [0.3, 0.4) is 0 Å². The summed E-state index contributed by atoms with van der Waals surface area (Å²) in [6, 6.07) is 7.49. The molecule has 0 spiro atoms. The number of carbonyl (C=O) groups excluding carboxylic acids is 1. The molecule has 22 heavy (non-hydrogen) atoms. The van der Waals surface area contributed by atoms with Gasteiger partial charge in [0, 0.05) is 5.25 Å². The second kappa shape index (κ2) is 6.41. The third kappa shape index (κ3) is 3.60. The average Bonchev–Trinajstić information content (AvgIpc) is 3.03. The lowest BCUT2D eigenvalue weighted by atomic mass is 10.3. The van der Waals surface area contributed by atoms with Gasteiger partial charge in [0.2, 0.25) is 11.0 Å². The Balaban J connectivity index is 1.63. The van der Waals surface area contributed by atoms with Crippen molar-refractivity contribution >= 4 is 45.2 Å². The number of hydrogen-bond acceptors (Lipinski definition) is 7. The number of nitrogens with one attached hydrogen (secondary N) is 1. The van der Waals surface area contributed by atoms with Gasteiger partial charge >= 0.3 is 0 Å². The van der Waals surface area contributed by atoms with Crippen LogP contribution in [-0.2, 0) is 11.3 Å². The molecule has 0 unspecified atom stereocenters. The van der Waals surface area contributed by atoms with Crippen molar-refractivity contribution in [2.75, 3.05) is 5.32 Å². The second-order valence-corrected chi connectivity index (χ2v) is 7.61. The van der Waals surface area contributed by atoms with Crippen LogP contribution in [0.5, 0.6) is 0 Å². The molecule has 7 nitrogen and oxygen atoms in total. The summed E-state index contributed by atoms with van der Waals surface area (Å²) in [6.45, 7) is 4.21. The molecule has 0 aliphatic carbocycles. The quantitative estimate of drug-likeness (QED) is 0.570. The van der Waals surface area contributed by atoms with Gasteiger partial charge in [0.1, 0.15) is 17.6 Å². The Morgan fingerprint density at radius 3 is 2.59 bits per heavy atom. The van der Waals surface area contributed by atoms with Crippen molar-refractivity contribution in [2.24, 2.45) is 0 Å². The molecule has 1 N–H and O–H groups in total. The standard InChI is InChI=1S/C13H14N6OS2/c1-8(2)21-13-16-15-12(22-13)14-11(20)7-19-17-9-5-3-4-6-10(9)18-19/h3-6,8H,7H2,1-2H3,(H,14,15,20). The van der Waals surface area contributed by atoms with E-state index in [0.29, 0.717) is 10.4 Å². The fraction of sp³-hybridized carbons (Fsp3) is 0.308.